The molecule has 1 N–H and O–H groups in total. The van der Waals surface area contributed by atoms with E-state index in [1.54, 1.807) is 11.3 Å². The normalized spacial score (nSPS) is 21.8. The Kier molecular flexibility index (Phi) is 5.42. The van der Waals surface area contributed by atoms with Crippen LogP contribution in [0.4, 0.5) is 0 Å². The Morgan fingerprint density at radius 2 is 2.59 bits per heavy atom. The van der Waals surface area contributed by atoms with Crippen molar-refractivity contribution in [1.29, 1.82) is 0 Å². The summed E-state index contributed by atoms with van der Waals surface area (Å²) in [5, 5.41) is 6.95. The number of nitrogens with one attached hydrogen (secondary N) is 1. The first-order valence-corrected chi connectivity index (χ1v) is 7.46. The molecule has 0 aromatic carbocycles. The third-order valence-corrected chi connectivity index (χ3v) is 4.03. The minimum absolute atomic E-state index is 0.563. The van der Waals surface area contributed by atoms with Crippen molar-refractivity contribution in [3.63, 3.8) is 0 Å². The van der Waals surface area contributed by atoms with Gasteiger partial charge in [0.1, 0.15) is 0 Å². The highest BCUT2D eigenvalue weighted by Crippen LogP contribution is 2.20. The van der Waals surface area contributed by atoms with Gasteiger partial charge < -0.3 is 10.1 Å². The minimum atomic E-state index is 0.563. The van der Waals surface area contributed by atoms with Gasteiger partial charge in [0.05, 0.1) is 5.01 Å². The van der Waals surface area contributed by atoms with Crippen molar-refractivity contribution in [3.8, 4) is 0 Å². The molecule has 0 bridgehead atoms. The van der Waals surface area contributed by atoms with Crippen molar-refractivity contribution < 1.29 is 4.74 Å². The van der Waals surface area contributed by atoms with Crippen molar-refractivity contribution in [1.82, 2.24) is 10.3 Å². The summed E-state index contributed by atoms with van der Waals surface area (Å²) in [6.07, 6.45) is 6.60. The molecule has 3 nitrogen and oxygen atoms in total. The standard InChI is InChI=1S/C13H22N2OS/c1-2-4-14-12(8-11-3-6-16-10-11)9-13-15-5-7-17-13/h5,7,11-12,14H,2-4,6,8-10H2,1H3. The van der Waals surface area contributed by atoms with Gasteiger partial charge in [0.15, 0.2) is 0 Å². The van der Waals surface area contributed by atoms with Gasteiger partial charge in [-0.2, -0.15) is 0 Å². The van der Waals surface area contributed by atoms with E-state index in [0.29, 0.717) is 6.04 Å². The average Bonchev–Trinajstić information content (AvgIpc) is 2.99. The maximum absolute atomic E-state index is 5.46. The summed E-state index contributed by atoms with van der Waals surface area (Å²) in [7, 11) is 0. The number of hydrogen-bond donors (Lipinski definition) is 1. The van der Waals surface area contributed by atoms with Crippen LogP contribution in [0.2, 0.25) is 0 Å². The maximum atomic E-state index is 5.46. The summed E-state index contributed by atoms with van der Waals surface area (Å²) in [5.41, 5.74) is 0. The van der Waals surface area contributed by atoms with Crippen molar-refractivity contribution in [3.05, 3.63) is 16.6 Å². The minimum Gasteiger partial charge on any atom is -0.381 e. The van der Waals surface area contributed by atoms with Crippen molar-refractivity contribution in [2.45, 2.75) is 38.6 Å². The molecule has 4 heteroatoms. The van der Waals surface area contributed by atoms with Crippen LogP contribution in [-0.4, -0.2) is 30.8 Å². The zero-order valence-corrected chi connectivity index (χ0v) is 11.3. The zero-order chi connectivity index (χ0) is 11.9. The maximum Gasteiger partial charge on any atom is 0.0940 e. The second-order valence-electron chi connectivity index (χ2n) is 4.75. The lowest BCUT2D eigenvalue weighted by atomic mass is 9.97. The number of ether oxygens (including phenoxy) is 1. The Bertz CT molecular complexity index is 296. The average molecular weight is 254 g/mol. The molecular weight excluding hydrogens is 232 g/mol. The fourth-order valence-corrected chi connectivity index (χ4v) is 3.02. The summed E-state index contributed by atoms with van der Waals surface area (Å²) < 4.78 is 5.46. The first-order chi connectivity index (χ1) is 8.38. The van der Waals surface area contributed by atoms with Gasteiger partial charge in [-0.3, -0.25) is 0 Å². The van der Waals surface area contributed by atoms with E-state index >= 15 is 0 Å². The monoisotopic (exact) mass is 254 g/mol. The van der Waals surface area contributed by atoms with Crippen molar-refractivity contribution in [2.75, 3.05) is 19.8 Å². The lowest BCUT2D eigenvalue weighted by molar-refractivity contribution is 0.181. The fourth-order valence-electron chi connectivity index (χ4n) is 2.32. The van der Waals surface area contributed by atoms with Crippen LogP contribution in [-0.2, 0) is 11.2 Å². The lowest BCUT2D eigenvalue weighted by Crippen LogP contribution is -2.34. The Morgan fingerprint density at radius 3 is 3.24 bits per heavy atom. The molecule has 1 aromatic heterocycles. The summed E-state index contributed by atoms with van der Waals surface area (Å²) in [4.78, 5) is 4.39. The van der Waals surface area contributed by atoms with Crippen LogP contribution in [0.15, 0.2) is 11.6 Å². The van der Waals surface area contributed by atoms with Crippen LogP contribution in [0, 0.1) is 5.92 Å². The van der Waals surface area contributed by atoms with E-state index in [1.807, 2.05) is 6.20 Å². The Balaban J connectivity index is 1.83. The zero-order valence-electron chi connectivity index (χ0n) is 10.5. The molecule has 2 heterocycles. The van der Waals surface area contributed by atoms with Crippen LogP contribution in [0.3, 0.4) is 0 Å². The first-order valence-electron chi connectivity index (χ1n) is 6.58. The number of hydrogen-bond acceptors (Lipinski definition) is 4. The predicted octanol–water partition coefficient (Wildman–Crippen LogP) is 2.48. The predicted molar refractivity (Wildman–Crippen MR) is 71.4 cm³/mol. The molecule has 1 aliphatic heterocycles. The van der Waals surface area contributed by atoms with E-state index in [9.17, 15) is 0 Å². The highest BCUT2D eigenvalue weighted by molar-refractivity contribution is 7.09. The fraction of sp³-hybridized carbons (Fsp3) is 0.769. The largest absolute Gasteiger partial charge is 0.381 e. The van der Waals surface area contributed by atoms with Crippen LogP contribution in [0.25, 0.3) is 0 Å². The molecule has 1 saturated heterocycles. The van der Waals surface area contributed by atoms with E-state index in [-0.39, 0.29) is 0 Å². The molecule has 17 heavy (non-hydrogen) atoms. The summed E-state index contributed by atoms with van der Waals surface area (Å²) >= 11 is 1.76. The van der Waals surface area contributed by atoms with Crippen LogP contribution >= 0.6 is 11.3 Å². The lowest BCUT2D eigenvalue weighted by Gasteiger charge is -2.20. The van der Waals surface area contributed by atoms with Gasteiger partial charge in [0.25, 0.3) is 0 Å². The van der Waals surface area contributed by atoms with Crippen LogP contribution in [0.1, 0.15) is 31.2 Å². The van der Waals surface area contributed by atoms with Gasteiger partial charge in [-0.15, -0.1) is 11.3 Å². The molecule has 1 aliphatic rings. The van der Waals surface area contributed by atoms with Crippen molar-refractivity contribution >= 4 is 11.3 Å². The van der Waals surface area contributed by atoms with Gasteiger partial charge in [-0.25, -0.2) is 4.98 Å². The molecule has 0 spiro atoms. The van der Waals surface area contributed by atoms with E-state index in [4.69, 9.17) is 4.74 Å². The van der Waals surface area contributed by atoms with Gasteiger partial charge in [0, 0.05) is 37.3 Å². The number of aromatic nitrogens is 1. The SMILES string of the molecule is CCCNC(Cc1nccs1)CC1CCOC1. The Morgan fingerprint density at radius 1 is 1.65 bits per heavy atom. The highest BCUT2D eigenvalue weighted by atomic mass is 32.1. The van der Waals surface area contributed by atoms with Gasteiger partial charge in [-0.05, 0) is 31.7 Å². The van der Waals surface area contributed by atoms with E-state index in [2.05, 4.69) is 22.6 Å². The number of thiazole rings is 1. The smallest absolute Gasteiger partial charge is 0.0940 e. The van der Waals surface area contributed by atoms with E-state index < -0.39 is 0 Å². The summed E-state index contributed by atoms with van der Waals surface area (Å²) in [6, 6.07) is 0.563. The van der Waals surface area contributed by atoms with Crippen LogP contribution in [0.5, 0.6) is 0 Å². The topological polar surface area (TPSA) is 34.2 Å². The highest BCUT2D eigenvalue weighted by Gasteiger charge is 2.21. The molecule has 0 amide bonds. The molecule has 96 valence electrons. The second kappa shape index (κ2) is 7.09. The number of nitrogens with zero attached hydrogens (tertiary/aromatic N) is 1. The molecule has 2 unspecified atom stereocenters. The second-order valence-corrected chi connectivity index (χ2v) is 5.73. The Labute approximate surface area is 108 Å². The molecule has 0 aliphatic carbocycles. The number of rotatable bonds is 7. The molecule has 0 saturated carbocycles. The summed E-state index contributed by atoms with van der Waals surface area (Å²) in [6.45, 7) is 5.21. The molecule has 1 fully saturated rings. The summed E-state index contributed by atoms with van der Waals surface area (Å²) in [5.74, 6) is 0.740. The van der Waals surface area contributed by atoms with Gasteiger partial charge in [-0.1, -0.05) is 6.92 Å². The Hall–Kier alpha value is -0.450. The molecule has 1 aromatic rings. The van der Waals surface area contributed by atoms with E-state index in [1.165, 1.54) is 24.3 Å². The van der Waals surface area contributed by atoms with Crippen LogP contribution < -0.4 is 5.32 Å². The van der Waals surface area contributed by atoms with Gasteiger partial charge in [0.2, 0.25) is 0 Å². The molecule has 0 radical (unpaired) electrons. The third kappa shape index (κ3) is 4.37. The van der Waals surface area contributed by atoms with Crippen molar-refractivity contribution in [2.24, 2.45) is 5.92 Å². The van der Waals surface area contributed by atoms with E-state index in [0.717, 1.165) is 32.1 Å². The third-order valence-electron chi connectivity index (χ3n) is 3.23. The molecule has 2 atom stereocenters. The van der Waals surface area contributed by atoms with Gasteiger partial charge >= 0.3 is 0 Å². The molecule has 2 rings (SSSR count). The quantitative estimate of drug-likeness (QED) is 0.811. The first kappa shape index (κ1) is 13.0. The molecular formula is C13H22N2OS.